The molecule has 92 valence electrons. The molecule has 1 aliphatic heterocycles. The van der Waals surface area contributed by atoms with Gasteiger partial charge in [0.15, 0.2) is 0 Å². The minimum absolute atomic E-state index is 0.0829. The van der Waals surface area contributed by atoms with Gasteiger partial charge in [-0.15, -0.1) is 0 Å². The molecule has 5 heteroatoms. The first-order chi connectivity index (χ1) is 8.16. The zero-order valence-corrected chi connectivity index (χ0v) is 11.6. The summed E-state index contributed by atoms with van der Waals surface area (Å²) >= 11 is 9.16. The van der Waals surface area contributed by atoms with Gasteiger partial charge in [-0.25, -0.2) is 0 Å². The summed E-state index contributed by atoms with van der Waals surface area (Å²) in [7, 11) is 0. The van der Waals surface area contributed by atoms with E-state index in [1.807, 2.05) is 0 Å². The van der Waals surface area contributed by atoms with Crippen LogP contribution in [0.15, 0.2) is 22.7 Å². The van der Waals surface area contributed by atoms with Gasteiger partial charge in [0.1, 0.15) is 0 Å². The maximum Gasteiger partial charge on any atom is 0.252 e. The quantitative estimate of drug-likeness (QED) is 0.930. The number of nitrogens with one attached hydrogen (secondary N) is 1. The van der Waals surface area contributed by atoms with E-state index in [4.69, 9.17) is 16.3 Å². The molecule has 1 aromatic carbocycles. The molecule has 1 heterocycles. The van der Waals surface area contributed by atoms with Crippen LogP contribution < -0.4 is 5.32 Å². The van der Waals surface area contributed by atoms with Gasteiger partial charge in [-0.2, -0.15) is 0 Å². The van der Waals surface area contributed by atoms with Crippen LogP contribution in [-0.4, -0.2) is 25.7 Å². The Morgan fingerprint density at radius 1 is 1.59 bits per heavy atom. The van der Waals surface area contributed by atoms with E-state index in [0.29, 0.717) is 27.5 Å². The highest BCUT2D eigenvalue weighted by Gasteiger charge is 2.17. The van der Waals surface area contributed by atoms with Crippen LogP contribution >= 0.6 is 27.5 Å². The molecule has 1 atom stereocenters. The van der Waals surface area contributed by atoms with Gasteiger partial charge in [0.2, 0.25) is 0 Å². The lowest BCUT2D eigenvalue weighted by atomic mass is 10.1. The molecule has 1 aromatic rings. The molecule has 1 amide bonds. The van der Waals surface area contributed by atoms with Crippen molar-refractivity contribution in [2.45, 2.75) is 6.42 Å². The molecule has 1 unspecified atom stereocenters. The van der Waals surface area contributed by atoms with E-state index in [1.165, 1.54) is 0 Å². The maximum absolute atomic E-state index is 11.9. The molecule has 0 aromatic heterocycles. The van der Waals surface area contributed by atoms with E-state index < -0.39 is 0 Å². The topological polar surface area (TPSA) is 38.3 Å². The Hall–Kier alpha value is -0.580. The smallest absolute Gasteiger partial charge is 0.252 e. The van der Waals surface area contributed by atoms with Gasteiger partial charge in [-0.3, -0.25) is 4.79 Å². The average molecular weight is 319 g/mol. The van der Waals surface area contributed by atoms with Gasteiger partial charge in [0, 0.05) is 28.6 Å². The predicted molar refractivity (Wildman–Crippen MR) is 70.4 cm³/mol. The minimum atomic E-state index is -0.0829. The fourth-order valence-electron chi connectivity index (χ4n) is 1.75. The molecule has 3 nitrogen and oxygen atoms in total. The Kier molecular flexibility index (Phi) is 4.42. The van der Waals surface area contributed by atoms with Crippen molar-refractivity contribution in [1.82, 2.24) is 5.32 Å². The van der Waals surface area contributed by atoms with E-state index >= 15 is 0 Å². The molecule has 0 saturated carbocycles. The minimum Gasteiger partial charge on any atom is -0.381 e. The van der Waals surface area contributed by atoms with Crippen LogP contribution in [0.3, 0.4) is 0 Å². The number of carbonyl (C=O) groups excluding carboxylic acids is 1. The van der Waals surface area contributed by atoms with Crippen LogP contribution in [0.5, 0.6) is 0 Å². The van der Waals surface area contributed by atoms with Crippen LogP contribution in [0.4, 0.5) is 0 Å². The molecule has 0 spiro atoms. The number of ether oxygens (including phenoxy) is 1. The van der Waals surface area contributed by atoms with Gasteiger partial charge in [0.05, 0.1) is 12.2 Å². The number of hydrogen-bond donors (Lipinski definition) is 1. The highest BCUT2D eigenvalue weighted by atomic mass is 79.9. The van der Waals surface area contributed by atoms with Crippen molar-refractivity contribution in [3.05, 3.63) is 33.3 Å². The number of rotatable bonds is 3. The Bertz CT molecular complexity index is 419. The van der Waals surface area contributed by atoms with Crippen LogP contribution in [-0.2, 0) is 4.74 Å². The summed E-state index contributed by atoms with van der Waals surface area (Å²) in [4.78, 5) is 11.9. The second kappa shape index (κ2) is 5.85. The van der Waals surface area contributed by atoms with Gasteiger partial charge in [-0.1, -0.05) is 11.6 Å². The summed E-state index contributed by atoms with van der Waals surface area (Å²) in [6.07, 6.45) is 1.02. The fourth-order valence-corrected chi connectivity index (χ4v) is 2.61. The SMILES string of the molecule is O=C(NCC1CCOC1)c1ccc(Cl)cc1Br. The largest absolute Gasteiger partial charge is 0.381 e. The van der Waals surface area contributed by atoms with E-state index in [2.05, 4.69) is 21.2 Å². The van der Waals surface area contributed by atoms with Crippen LogP contribution in [0.25, 0.3) is 0 Å². The Morgan fingerprint density at radius 3 is 3.06 bits per heavy atom. The fraction of sp³-hybridized carbons (Fsp3) is 0.417. The molecular formula is C12H13BrClNO2. The number of benzene rings is 1. The molecule has 1 N–H and O–H groups in total. The average Bonchev–Trinajstić information content (AvgIpc) is 2.78. The molecule has 1 aliphatic rings. The first kappa shape index (κ1) is 12.9. The molecule has 1 saturated heterocycles. The number of carbonyl (C=O) groups is 1. The normalized spacial score (nSPS) is 19.3. The van der Waals surface area contributed by atoms with Crippen molar-refractivity contribution in [3.8, 4) is 0 Å². The van der Waals surface area contributed by atoms with Gasteiger partial charge < -0.3 is 10.1 Å². The number of amides is 1. The Labute approximate surface area is 114 Å². The monoisotopic (exact) mass is 317 g/mol. The van der Waals surface area contributed by atoms with E-state index in [1.54, 1.807) is 18.2 Å². The lowest BCUT2D eigenvalue weighted by molar-refractivity contribution is 0.0944. The molecule has 17 heavy (non-hydrogen) atoms. The van der Waals surface area contributed by atoms with Crippen molar-refractivity contribution in [2.24, 2.45) is 5.92 Å². The van der Waals surface area contributed by atoms with Crippen molar-refractivity contribution in [2.75, 3.05) is 19.8 Å². The molecule has 0 bridgehead atoms. The Morgan fingerprint density at radius 2 is 2.41 bits per heavy atom. The second-order valence-electron chi connectivity index (χ2n) is 4.06. The van der Waals surface area contributed by atoms with Gasteiger partial charge >= 0.3 is 0 Å². The molecule has 0 aliphatic carbocycles. The summed E-state index contributed by atoms with van der Waals surface area (Å²) in [5.74, 6) is 0.352. The summed E-state index contributed by atoms with van der Waals surface area (Å²) in [5, 5.41) is 3.52. The number of halogens is 2. The lowest BCUT2D eigenvalue weighted by Gasteiger charge is -2.10. The molecule has 2 rings (SSSR count). The third-order valence-electron chi connectivity index (χ3n) is 2.75. The summed E-state index contributed by atoms with van der Waals surface area (Å²) in [5.41, 5.74) is 0.605. The highest BCUT2D eigenvalue weighted by Crippen LogP contribution is 2.21. The Balaban J connectivity index is 1.94. The summed E-state index contributed by atoms with van der Waals surface area (Å²) < 4.78 is 5.97. The lowest BCUT2D eigenvalue weighted by Crippen LogP contribution is -2.29. The van der Waals surface area contributed by atoms with Crippen LogP contribution in [0, 0.1) is 5.92 Å². The third kappa shape index (κ3) is 3.44. The van der Waals surface area contributed by atoms with Crippen molar-refractivity contribution in [3.63, 3.8) is 0 Å². The van der Waals surface area contributed by atoms with Crippen LogP contribution in [0.1, 0.15) is 16.8 Å². The van der Waals surface area contributed by atoms with Gasteiger partial charge in [-0.05, 0) is 40.5 Å². The van der Waals surface area contributed by atoms with Gasteiger partial charge in [0.25, 0.3) is 5.91 Å². The highest BCUT2D eigenvalue weighted by molar-refractivity contribution is 9.10. The maximum atomic E-state index is 11.9. The summed E-state index contributed by atoms with van der Waals surface area (Å²) in [6.45, 7) is 2.20. The first-order valence-electron chi connectivity index (χ1n) is 5.48. The van der Waals surface area contributed by atoms with Crippen molar-refractivity contribution < 1.29 is 9.53 Å². The first-order valence-corrected chi connectivity index (χ1v) is 6.65. The molecule has 1 fully saturated rings. The second-order valence-corrected chi connectivity index (χ2v) is 5.35. The summed E-state index contributed by atoms with van der Waals surface area (Å²) in [6, 6.07) is 5.14. The van der Waals surface area contributed by atoms with E-state index in [0.717, 1.165) is 19.6 Å². The van der Waals surface area contributed by atoms with Crippen molar-refractivity contribution in [1.29, 1.82) is 0 Å². The zero-order chi connectivity index (χ0) is 12.3. The van der Waals surface area contributed by atoms with E-state index in [-0.39, 0.29) is 5.91 Å². The van der Waals surface area contributed by atoms with E-state index in [9.17, 15) is 4.79 Å². The van der Waals surface area contributed by atoms with Crippen LogP contribution in [0.2, 0.25) is 5.02 Å². The molecule has 0 radical (unpaired) electrons. The molecular weight excluding hydrogens is 305 g/mol. The predicted octanol–water partition coefficient (Wildman–Crippen LogP) is 2.87. The number of hydrogen-bond acceptors (Lipinski definition) is 2. The zero-order valence-electron chi connectivity index (χ0n) is 9.21. The standard InChI is InChI=1S/C12H13BrClNO2/c13-11-5-9(14)1-2-10(11)12(16)15-6-8-3-4-17-7-8/h1-2,5,8H,3-4,6-7H2,(H,15,16). The van der Waals surface area contributed by atoms with Crippen molar-refractivity contribution >= 4 is 33.4 Å². The third-order valence-corrected chi connectivity index (χ3v) is 3.64.